The third-order valence-electron chi connectivity index (χ3n) is 3.08. The normalized spacial score (nSPS) is 11.6. The van der Waals surface area contributed by atoms with Gasteiger partial charge in [0.15, 0.2) is 0 Å². The van der Waals surface area contributed by atoms with E-state index in [0.717, 1.165) is 19.9 Å². The van der Waals surface area contributed by atoms with Crippen molar-refractivity contribution in [1.82, 2.24) is 0 Å². The summed E-state index contributed by atoms with van der Waals surface area (Å²) in [7, 11) is -3.52. The molecular weight excluding hydrogens is 358 g/mol. The van der Waals surface area contributed by atoms with Crippen LogP contribution in [0.2, 0.25) is 0 Å². The highest BCUT2D eigenvalue weighted by Crippen LogP contribution is 2.34. The average Bonchev–Trinajstić information content (AvgIpc) is 2.72. The first kappa shape index (κ1) is 15.5. The lowest BCUT2D eigenvalue weighted by atomic mass is 10.2. The largest absolute Gasteiger partial charge is 0.266 e. The number of nitrogens with zero attached hydrogens (tertiary/aromatic N) is 1. The van der Waals surface area contributed by atoms with Gasteiger partial charge in [0.2, 0.25) is 0 Å². The SMILES string of the molecule is CCN(c1ccccc1C)S(=O)(=O)c1cc(Br)sc1C. The van der Waals surface area contributed by atoms with Gasteiger partial charge in [-0.15, -0.1) is 11.3 Å². The predicted octanol–water partition coefficient (Wildman–Crippen LogP) is 4.34. The Morgan fingerprint density at radius 3 is 2.40 bits per heavy atom. The zero-order chi connectivity index (χ0) is 14.9. The molecule has 0 bridgehead atoms. The molecule has 0 saturated heterocycles. The molecule has 0 atom stereocenters. The number of thiophene rings is 1. The van der Waals surface area contributed by atoms with E-state index in [0.29, 0.717) is 11.4 Å². The molecule has 1 heterocycles. The lowest BCUT2D eigenvalue weighted by Gasteiger charge is -2.24. The lowest BCUT2D eigenvalue weighted by molar-refractivity contribution is 0.591. The third-order valence-corrected chi connectivity index (χ3v) is 6.78. The van der Waals surface area contributed by atoms with Crippen LogP contribution in [0.4, 0.5) is 5.69 Å². The molecule has 0 unspecified atom stereocenters. The van der Waals surface area contributed by atoms with Crippen LogP contribution in [0.3, 0.4) is 0 Å². The Morgan fingerprint density at radius 2 is 1.90 bits per heavy atom. The van der Waals surface area contributed by atoms with Crippen LogP contribution >= 0.6 is 27.3 Å². The summed E-state index contributed by atoms with van der Waals surface area (Å²) < 4.78 is 28.0. The Bertz CT molecular complexity index is 723. The molecule has 0 saturated carbocycles. The zero-order valence-corrected chi connectivity index (χ0v) is 14.8. The minimum absolute atomic E-state index is 0.375. The second kappa shape index (κ2) is 5.87. The van der Waals surface area contributed by atoms with Crippen molar-refractivity contribution in [2.45, 2.75) is 25.7 Å². The summed E-state index contributed by atoms with van der Waals surface area (Å²) in [6.07, 6.45) is 0. The summed E-state index contributed by atoms with van der Waals surface area (Å²) in [6, 6.07) is 9.20. The summed E-state index contributed by atoms with van der Waals surface area (Å²) in [5.41, 5.74) is 1.68. The fraction of sp³-hybridized carbons (Fsp3) is 0.286. The van der Waals surface area contributed by atoms with Crippen molar-refractivity contribution < 1.29 is 8.42 Å². The van der Waals surface area contributed by atoms with Gasteiger partial charge >= 0.3 is 0 Å². The van der Waals surface area contributed by atoms with Gasteiger partial charge in [0, 0.05) is 11.4 Å². The third kappa shape index (κ3) is 2.77. The second-order valence-corrected chi connectivity index (χ2v) is 8.89. The van der Waals surface area contributed by atoms with Gasteiger partial charge in [-0.3, -0.25) is 4.31 Å². The number of hydrogen-bond donors (Lipinski definition) is 0. The Morgan fingerprint density at radius 1 is 1.25 bits per heavy atom. The molecule has 2 rings (SSSR count). The van der Waals surface area contributed by atoms with Gasteiger partial charge in [0.05, 0.1) is 9.47 Å². The van der Waals surface area contributed by atoms with Crippen LogP contribution in [-0.4, -0.2) is 15.0 Å². The minimum atomic E-state index is -3.52. The molecule has 2 aromatic rings. The highest BCUT2D eigenvalue weighted by Gasteiger charge is 2.27. The van der Waals surface area contributed by atoms with Crippen LogP contribution < -0.4 is 4.31 Å². The molecule has 6 heteroatoms. The van der Waals surface area contributed by atoms with Crippen LogP contribution in [0.5, 0.6) is 0 Å². The van der Waals surface area contributed by atoms with Crippen molar-refractivity contribution in [3.63, 3.8) is 0 Å². The van der Waals surface area contributed by atoms with Gasteiger partial charge in [-0.2, -0.15) is 0 Å². The Kier molecular flexibility index (Phi) is 4.56. The number of benzene rings is 1. The highest BCUT2D eigenvalue weighted by atomic mass is 79.9. The Labute approximate surface area is 132 Å². The van der Waals surface area contributed by atoms with E-state index in [1.807, 2.05) is 45.0 Å². The molecule has 0 radical (unpaired) electrons. The molecule has 0 N–H and O–H groups in total. The molecule has 0 aliphatic heterocycles. The predicted molar refractivity (Wildman–Crippen MR) is 88.1 cm³/mol. The van der Waals surface area contributed by atoms with E-state index in [4.69, 9.17) is 0 Å². The molecule has 0 fully saturated rings. The van der Waals surface area contributed by atoms with E-state index in [-0.39, 0.29) is 0 Å². The van der Waals surface area contributed by atoms with Crippen LogP contribution in [0.1, 0.15) is 17.4 Å². The first-order chi connectivity index (χ1) is 9.37. The molecule has 0 spiro atoms. The average molecular weight is 374 g/mol. The van der Waals surface area contributed by atoms with Crippen LogP contribution in [-0.2, 0) is 10.0 Å². The van der Waals surface area contributed by atoms with Crippen molar-refractivity contribution in [1.29, 1.82) is 0 Å². The van der Waals surface area contributed by atoms with E-state index >= 15 is 0 Å². The lowest BCUT2D eigenvalue weighted by Crippen LogP contribution is -2.31. The second-order valence-electron chi connectivity index (χ2n) is 4.43. The molecule has 1 aromatic heterocycles. The summed E-state index contributed by atoms with van der Waals surface area (Å²) in [6.45, 7) is 6.00. The monoisotopic (exact) mass is 373 g/mol. The summed E-state index contributed by atoms with van der Waals surface area (Å²) >= 11 is 4.79. The van der Waals surface area contributed by atoms with Gasteiger partial charge in [0.25, 0.3) is 10.0 Å². The minimum Gasteiger partial charge on any atom is -0.266 e. The molecule has 1 aromatic carbocycles. The summed E-state index contributed by atoms with van der Waals surface area (Å²) in [5, 5.41) is 0. The fourth-order valence-corrected chi connectivity index (χ4v) is 6.04. The van der Waals surface area contributed by atoms with E-state index in [9.17, 15) is 8.42 Å². The number of rotatable bonds is 4. The van der Waals surface area contributed by atoms with E-state index < -0.39 is 10.0 Å². The van der Waals surface area contributed by atoms with Crippen LogP contribution in [0.15, 0.2) is 39.0 Å². The van der Waals surface area contributed by atoms with Gasteiger partial charge in [0.1, 0.15) is 4.90 Å². The molecule has 0 aliphatic carbocycles. The van der Waals surface area contributed by atoms with Crippen LogP contribution in [0, 0.1) is 13.8 Å². The maximum Gasteiger partial charge on any atom is 0.265 e. The smallest absolute Gasteiger partial charge is 0.265 e. The Balaban J connectivity index is 2.57. The molecule has 0 aliphatic rings. The van der Waals surface area contributed by atoms with Crippen molar-refractivity contribution in [2.75, 3.05) is 10.8 Å². The highest BCUT2D eigenvalue weighted by molar-refractivity contribution is 9.11. The standard InChI is InChI=1S/C14H16BrNO2S2/c1-4-16(12-8-6-5-7-10(12)2)20(17,18)13-9-14(15)19-11(13)3/h5-9H,4H2,1-3H3. The number of aryl methyl sites for hydroxylation is 2. The molecule has 20 heavy (non-hydrogen) atoms. The van der Waals surface area contributed by atoms with E-state index in [1.165, 1.54) is 15.6 Å². The van der Waals surface area contributed by atoms with E-state index in [1.54, 1.807) is 6.07 Å². The van der Waals surface area contributed by atoms with E-state index in [2.05, 4.69) is 15.9 Å². The van der Waals surface area contributed by atoms with Gasteiger partial charge in [-0.25, -0.2) is 8.42 Å². The van der Waals surface area contributed by atoms with Gasteiger partial charge in [-0.05, 0) is 54.4 Å². The number of sulfonamides is 1. The molecule has 108 valence electrons. The Hall–Kier alpha value is -0.850. The van der Waals surface area contributed by atoms with Crippen molar-refractivity contribution >= 4 is 43.0 Å². The van der Waals surface area contributed by atoms with Gasteiger partial charge in [-0.1, -0.05) is 18.2 Å². The maximum absolute atomic E-state index is 12.9. The van der Waals surface area contributed by atoms with Gasteiger partial charge < -0.3 is 0 Å². The summed E-state index contributed by atoms with van der Waals surface area (Å²) in [5.74, 6) is 0. The van der Waals surface area contributed by atoms with Crippen molar-refractivity contribution in [3.8, 4) is 0 Å². The van der Waals surface area contributed by atoms with Crippen molar-refractivity contribution in [3.05, 3.63) is 44.6 Å². The quantitative estimate of drug-likeness (QED) is 0.798. The van der Waals surface area contributed by atoms with Crippen molar-refractivity contribution in [2.24, 2.45) is 0 Å². The van der Waals surface area contributed by atoms with Crippen LogP contribution in [0.25, 0.3) is 0 Å². The summed E-state index contributed by atoms with van der Waals surface area (Å²) in [4.78, 5) is 1.17. The number of para-hydroxylation sites is 1. The number of halogens is 1. The maximum atomic E-state index is 12.9. The first-order valence-corrected chi connectivity index (χ1v) is 9.27. The fourth-order valence-electron chi connectivity index (χ4n) is 2.12. The number of hydrogen-bond acceptors (Lipinski definition) is 3. The number of anilines is 1. The molecule has 3 nitrogen and oxygen atoms in total. The topological polar surface area (TPSA) is 37.4 Å². The molecule has 0 amide bonds. The first-order valence-electron chi connectivity index (χ1n) is 6.22. The molecular formula is C14H16BrNO2S2. The zero-order valence-electron chi connectivity index (χ0n) is 11.6.